The van der Waals surface area contributed by atoms with Gasteiger partial charge in [-0.3, -0.25) is 0 Å². The highest BCUT2D eigenvalue weighted by Gasteiger charge is 2.28. The first-order valence-corrected chi connectivity index (χ1v) is 9.04. The molecule has 0 bridgehead atoms. The molecule has 2 nitrogen and oxygen atoms in total. The van der Waals surface area contributed by atoms with E-state index >= 15 is 4.39 Å². The molecule has 0 amide bonds. The molecule has 1 aliphatic carbocycles. The molecule has 6 heteroatoms. The summed E-state index contributed by atoms with van der Waals surface area (Å²) in [6.07, 6.45) is 4.53. The highest BCUT2D eigenvalue weighted by Crippen LogP contribution is 2.42. The van der Waals surface area contributed by atoms with Gasteiger partial charge in [0.2, 0.25) is 0 Å². The number of hydrogen-bond acceptors (Lipinski definition) is 1. The van der Waals surface area contributed by atoms with Crippen molar-refractivity contribution in [3.63, 3.8) is 0 Å². The summed E-state index contributed by atoms with van der Waals surface area (Å²) in [5, 5.41) is 9.21. The van der Waals surface area contributed by atoms with Crippen molar-refractivity contribution in [2.24, 2.45) is 5.92 Å². The lowest BCUT2D eigenvalue weighted by Gasteiger charge is -2.30. The van der Waals surface area contributed by atoms with Crippen LogP contribution in [0.25, 0.3) is 11.1 Å². The van der Waals surface area contributed by atoms with Crippen molar-refractivity contribution >= 4 is 5.97 Å². The summed E-state index contributed by atoms with van der Waals surface area (Å²) < 4.78 is 55.8. The Morgan fingerprint density at radius 3 is 2.11 bits per heavy atom. The molecule has 144 valence electrons. The van der Waals surface area contributed by atoms with Crippen molar-refractivity contribution < 1.29 is 27.5 Å². The number of hydrogen-bond donors (Lipinski definition) is 1. The van der Waals surface area contributed by atoms with Crippen molar-refractivity contribution in [1.82, 2.24) is 0 Å². The van der Waals surface area contributed by atoms with Crippen LogP contribution in [0.5, 0.6) is 0 Å². The van der Waals surface area contributed by atoms with Crippen LogP contribution in [0, 0.1) is 29.2 Å². The zero-order valence-corrected chi connectivity index (χ0v) is 14.9. The minimum absolute atomic E-state index is 0.0451. The highest BCUT2D eigenvalue weighted by atomic mass is 19.2. The molecule has 2 aromatic rings. The van der Waals surface area contributed by atoms with Crippen molar-refractivity contribution in [3.05, 3.63) is 58.7 Å². The largest absolute Gasteiger partial charge is 0.478 e. The fourth-order valence-corrected chi connectivity index (χ4v) is 3.97. The molecular weight excluding hydrogens is 360 g/mol. The van der Waals surface area contributed by atoms with Gasteiger partial charge in [0.05, 0.1) is 5.56 Å². The van der Waals surface area contributed by atoms with Crippen LogP contribution in [0.4, 0.5) is 17.6 Å². The molecule has 2 aromatic carbocycles. The molecule has 27 heavy (non-hydrogen) atoms. The van der Waals surface area contributed by atoms with Gasteiger partial charge < -0.3 is 5.11 Å². The minimum atomic E-state index is -1.64. The van der Waals surface area contributed by atoms with Gasteiger partial charge in [0, 0.05) is 5.56 Å². The molecule has 1 aliphatic rings. The van der Waals surface area contributed by atoms with Gasteiger partial charge in [-0.05, 0) is 66.8 Å². The monoisotopic (exact) mass is 380 g/mol. The standard InChI is InChI=1S/C21H20F4O2/c1-2-11-3-5-12(6-4-11)14-7-8-15(21(26)27)19(24)18(14)13-9-16(22)20(25)17(23)10-13/h7-12H,2-6H2,1H3,(H,26,27)/t11-,12-. The quantitative estimate of drug-likeness (QED) is 0.500. The smallest absolute Gasteiger partial charge is 0.338 e. The molecule has 0 saturated heterocycles. The lowest BCUT2D eigenvalue weighted by atomic mass is 9.75. The summed E-state index contributed by atoms with van der Waals surface area (Å²) in [5.74, 6) is -6.50. The van der Waals surface area contributed by atoms with E-state index in [0.717, 1.165) is 32.1 Å². The summed E-state index contributed by atoms with van der Waals surface area (Å²) in [6, 6.07) is 4.11. The van der Waals surface area contributed by atoms with Gasteiger partial charge >= 0.3 is 5.97 Å². The van der Waals surface area contributed by atoms with E-state index in [1.807, 2.05) is 0 Å². The number of aromatic carboxylic acids is 1. The molecule has 0 unspecified atom stereocenters. The summed E-state index contributed by atoms with van der Waals surface area (Å²) in [5.41, 5.74) is -0.425. The van der Waals surface area contributed by atoms with Gasteiger partial charge in [0.1, 0.15) is 5.82 Å². The fraction of sp³-hybridized carbons (Fsp3) is 0.381. The fourth-order valence-electron chi connectivity index (χ4n) is 3.97. The van der Waals surface area contributed by atoms with Gasteiger partial charge in [-0.2, -0.15) is 0 Å². The van der Waals surface area contributed by atoms with Crippen molar-refractivity contribution in [1.29, 1.82) is 0 Å². The Morgan fingerprint density at radius 2 is 1.59 bits per heavy atom. The number of benzene rings is 2. The molecule has 0 aliphatic heterocycles. The van der Waals surface area contributed by atoms with Gasteiger partial charge in [0.15, 0.2) is 17.5 Å². The minimum Gasteiger partial charge on any atom is -0.478 e. The maximum atomic E-state index is 15.0. The first-order valence-electron chi connectivity index (χ1n) is 9.04. The lowest BCUT2D eigenvalue weighted by Crippen LogP contribution is -2.15. The Balaban J connectivity index is 2.15. The Morgan fingerprint density at radius 1 is 1.00 bits per heavy atom. The van der Waals surface area contributed by atoms with Crippen LogP contribution in [-0.2, 0) is 0 Å². The van der Waals surface area contributed by atoms with Crippen LogP contribution < -0.4 is 0 Å². The molecule has 1 saturated carbocycles. The molecule has 0 radical (unpaired) electrons. The number of carboxylic acid groups (broad SMARTS) is 1. The Hall–Kier alpha value is -2.37. The lowest BCUT2D eigenvalue weighted by molar-refractivity contribution is 0.0692. The van der Waals surface area contributed by atoms with E-state index in [1.54, 1.807) is 0 Å². The number of carboxylic acids is 1. The molecular formula is C21H20F4O2. The Labute approximate surface area is 154 Å². The van der Waals surface area contributed by atoms with E-state index in [0.29, 0.717) is 23.6 Å². The van der Waals surface area contributed by atoms with Crippen LogP contribution in [0.1, 0.15) is 60.9 Å². The van der Waals surface area contributed by atoms with Crippen molar-refractivity contribution in [2.75, 3.05) is 0 Å². The summed E-state index contributed by atoms with van der Waals surface area (Å²) >= 11 is 0. The zero-order valence-electron chi connectivity index (χ0n) is 14.9. The predicted octanol–water partition coefficient (Wildman–Crippen LogP) is 6.29. The third-order valence-corrected chi connectivity index (χ3v) is 5.54. The number of halogens is 4. The first kappa shape index (κ1) is 19.4. The molecule has 1 fully saturated rings. The normalized spacial score (nSPS) is 19.9. The molecule has 1 N–H and O–H groups in total. The van der Waals surface area contributed by atoms with Crippen molar-refractivity contribution in [3.8, 4) is 11.1 Å². The van der Waals surface area contributed by atoms with E-state index < -0.39 is 34.8 Å². The maximum Gasteiger partial charge on any atom is 0.338 e. The van der Waals surface area contributed by atoms with Gasteiger partial charge in [-0.1, -0.05) is 19.4 Å². The molecule has 3 rings (SSSR count). The van der Waals surface area contributed by atoms with E-state index in [4.69, 9.17) is 0 Å². The number of carbonyl (C=O) groups is 1. The van der Waals surface area contributed by atoms with Crippen LogP contribution in [0.15, 0.2) is 24.3 Å². The van der Waals surface area contributed by atoms with Crippen LogP contribution in [-0.4, -0.2) is 11.1 Å². The summed E-state index contributed by atoms with van der Waals surface area (Å²) in [7, 11) is 0. The van der Waals surface area contributed by atoms with E-state index in [9.17, 15) is 23.1 Å². The molecule has 0 spiro atoms. The predicted molar refractivity (Wildman–Crippen MR) is 93.7 cm³/mol. The highest BCUT2D eigenvalue weighted by molar-refractivity contribution is 5.90. The van der Waals surface area contributed by atoms with E-state index in [2.05, 4.69) is 6.92 Å². The molecule has 0 aromatic heterocycles. The molecule has 0 heterocycles. The second-order valence-electron chi connectivity index (χ2n) is 7.08. The third kappa shape index (κ3) is 3.70. The Bertz CT molecular complexity index is 848. The van der Waals surface area contributed by atoms with Crippen LogP contribution in [0.2, 0.25) is 0 Å². The second-order valence-corrected chi connectivity index (χ2v) is 7.08. The van der Waals surface area contributed by atoms with Crippen molar-refractivity contribution in [2.45, 2.75) is 44.9 Å². The maximum absolute atomic E-state index is 15.0. The number of rotatable bonds is 4. The average molecular weight is 380 g/mol. The first-order chi connectivity index (χ1) is 12.8. The van der Waals surface area contributed by atoms with Gasteiger partial charge in [0.25, 0.3) is 0 Å². The SMILES string of the molecule is CC[C@H]1CC[C@H](c2ccc(C(=O)O)c(F)c2-c2cc(F)c(F)c(F)c2)CC1. The van der Waals surface area contributed by atoms with Gasteiger partial charge in [-0.25, -0.2) is 22.4 Å². The second kappa shape index (κ2) is 7.71. The molecule has 0 atom stereocenters. The van der Waals surface area contributed by atoms with Crippen LogP contribution in [0.3, 0.4) is 0 Å². The third-order valence-electron chi connectivity index (χ3n) is 5.54. The van der Waals surface area contributed by atoms with Crippen LogP contribution >= 0.6 is 0 Å². The average Bonchev–Trinajstić information content (AvgIpc) is 2.65. The summed E-state index contributed by atoms with van der Waals surface area (Å²) in [4.78, 5) is 11.3. The summed E-state index contributed by atoms with van der Waals surface area (Å²) in [6.45, 7) is 2.11. The van der Waals surface area contributed by atoms with Gasteiger partial charge in [-0.15, -0.1) is 0 Å². The zero-order chi connectivity index (χ0) is 19.7. The van der Waals surface area contributed by atoms with E-state index in [1.165, 1.54) is 12.1 Å². The topological polar surface area (TPSA) is 37.3 Å². The Kier molecular flexibility index (Phi) is 5.53. The van der Waals surface area contributed by atoms with E-state index in [-0.39, 0.29) is 17.0 Å².